The molecule has 3 rings (SSSR count). The molecule has 2 heterocycles. The number of imidazole rings is 1. The van der Waals surface area contributed by atoms with Gasteiger partial charge in [0.1, 0.15) is 12.1 Å². The number of nitrogens with one attached hydrogen (secondary N) is 1. The van der Waals surface area contributed by atoms with Crippen molar-refractivity contribution in [2.75, 3.05) is 0 Å². The van der Waals surface area contributed by atoms with Crippen molar-refractivity contribution in [2.24, 2.45) is 11.7 Å². The van der Waals surface area contributed by atoms with Gasteiger partial charge in [0, 0.05) is 37.1 Å². The van der Waals surface area contributed by atoms with Gasteiger partial charge in [0.05, 0.1) is 0 Å². The minimum absolute atomic E-state index is 0. The van der Waals surface area contributed by atoms with Crippen molar-refractivity contribution in [3.05, 3.63) is 42.6 Å². The monoisotopic (exact) mass is 371 g/mol. The molecule has 1 amide bonds. The van der Waals surface area contributed by atoms with Crippen LogP contribution in [-0.4, -0.2) is 26.5 Å². The maximum absolute atomic E-state index is 12.2. The summed E-state index contributed by atoms with van der Waals surface area (Å²) < 4.78 is 1.84. The molecule has 24 heavy (non-hydrogen) atoms. The second-order valence-electron chi connectivity index (χ2n) is 5.83. The Hall–Kier alpha value is -1.63. The number of halogens is 2. The highest BCUT2D eigenvalue weighted by Crippen LogP contribution is 2.23. The van der Waals surface area contributed by atoms with E-state index in [1.54, 1.807) is 18.7 Å². The van der Waals surface area contributed by atoms with Gasteiger partial charge < -0.3 is 11.1 Å². The van der Waals surface area contributed by atoms with Crippen LogP contribution >= 0.6 is 24.8 Å². The van der Waals surface area contributed by atoms with Crippen molar-refractivity contribution in [3.8, 4) is 5.82 Å². The zero-order valence-corrected chi connectivity index (χ0v) is 14.9. The first-order chi connectivity index (χ1) is 10.7. The Morgan fingerprint density at radius 1 is 1.33 bits per heavy atom. The predicted molar refractivity (Wildman–Crippen MR) is 97.6 cm³/mol. The van der Waals surface area contributed by atoms with Gasteiger partial charge in [0.25, 0.3) is 0 Å². The molecule has 0 spiro atoms. The summed E-state index contributed by atoms with van der Waals surface area (Å²) in [7, 11) is 0. The normalized spacial score (nSPS) is 19.7. The third-order valence-electron chi connectivity index (χ3n) is 4.13. The number of hydrogen-bond acceptors (Lipinski definition) is 4. The number of hydrogen-bond donors (Lipinski definition) is 2. The van der Waals surface area contributed by atoms with E-state index in [0.717, 1.165) is 37.1 Å². The number of aromatic nitrogens is 3. The van der Waals surface area contributed by atoms with Crippen molar-refractivity contribution in [3.63, 3.8) is 0 Å². The minimum atomic E-state index is 0. The van der Waals surface area contributed by atoms with Crippen LogP contribution in [0.5, 0.6) is 0 Å². The molecular weight excluding hydrogens is 349 g/mol. The zero-order chi connectivity index (χ0) is 15.4. The van der Waals surface area contributed by atoms with Crippen LogP contribution in [0.25, 0.3) is 5.82 Å². The van der Waals surface area contributed by atoms with Crippen LogP contribution in [0.2, 0.25) is 0 Å². The Morgan fingerprint density at radius 2 is 2.17 bits per heavy atom. The lowest BCUT2D eigenvalue weighted by Crippen LogP contribution is -2.37. The van der Waals surface area contributed by atoms with Crippen LogP contribution in [0, 0.1) is 5.92 Å². The highest BCUT2D eigenvalue weighted by Gasteiger charge is 2.24. The van der Waals surface area contributed by atoms with Gasteiger partial charge in [-0.05, 0) is 37.0 Å². The first-order valence-corrected chi connectivity index (χ1v) is 7.69. The summed E-state index contributed by atoms with van der Waals surface area (Å²) in [5, 5.41) is 3.01. The molecule has 8 heteroatoms. The van der Waals surface area contributed by atoms with Crippen LogP contribution in [0.4, 0.5) is 0 Å². The van der Waals surface area contributed by atoms with E-state index in [1.807, 2.05) is 22.9 Å². The smallest absolute Gasteiger partial charge is 0.223 e. The Morgan fingerprint density at radius 3 is 2.88 bits per heavy atom. The Bertz CT molecular complexity index is 635. The van der Waals surface area contributed by atoms with E-state index in [1.165, 1.54) is 0 Å². The van der Waals surface area contributed by atoms with E-state index < -0.39 is 0 Å². The quantitative estimate of drug-likeness (QED) is 0.862. The maximum Gasteiger partial charge on any atom is 0.223 e. The first-order valence-electron chi connectivity index (χ1n) is 7.69. The highest BCUT2D eigenvalue weighted by atomic mass is 35.5. The van der Waals surface area contributed by atoms with Gasteiger partial charge >= 0.3 is 0 Å². The Kier molecular flexibility index (Phi) is 8.18. The first kappa shape index (κ1) is 20.4. The van der Waals surface area contributed by atoms with Gasteiger partial charge in [-0.25, -0.2) is 9.97 Å². The van der Waals surface area contributed by atoms with Crippen LogP contribution in [0.15, 0.2) is 37.1 Å². The molecule has 0 saturated heterocycles. The predicted octanol–water partition coefficient (Wildman–Crippen LogP) is 2.24. The lowest BCUT2D eigenvalue weighted by Gasteiger charge is -2.25. The maximum atomic E-state index is 12.2. The summed E-state index contributed by atoms with van der Waals surface area (Å²) in [6.45, 7) is 0.509. The van der Waals surface area contributed by atoms with Crippen LogP contribution < -0.4 is 11.1 Å². The van der Waals surface area contributed by atoms with Gasteiger partial charge in [-0.2, -0.15) is 0 Å². The molecule has 1 aliphatic carbocycles. The second kappa shape index (κ2) is 9.61. The van der Waals surface area contributed by atoms with E-state index in [4.69, 9.17) is 5.73 Å². The van der Waals surface area contributed by atoms with Crippen molar-refractivity contribution >= 4 is 30.7 Å². The van der Waals surface area contributed by atoms with Crippen molar-refractivity contribution < 1.29 is 4.79 Å². The summed E-state index contributed by atoms with van der Waals surface area (Å²) in [6.07, 6.45) is 10.8. The molecule has 6 nitrogen and oxygen atoms in total. The number of nitrogens with two attached hydrogens (primary N) is 1. The SMILES string of the molecule is Cl.Cl.NC1CCCC(C(=O)NCc2ccnc(-n3ccnc3)c2)C1. The molecule has 1 aliphatic rings. The summed E-state index contributed by atoms with van der Waals surface area (Å²) in [6, 6.07) is 4.03. The topological polar surface area (TPSA) is 85.8 Å². The van der Waals surface area contributed by atoms with Gasteiger partial charge in [-0.1, -0.05) is 6.42 Å². The average molecular weight is 372 g/mol. The molecule has 1 saturated carbocycles. The Balaban J connectivity index is 0.00000144. The van der Waals surface area contributed by atoms with Gasteiger partial charge in [0.15, 0.2) is 0 Å². The second-order valence-corrected chi connectivity index (χ2v) is 5.83. The van der Waals surface area contributed by atoms with E-state index in [2.05, 4.69) is 15.3 Å². The third-order valence-corrected chi connectivity index (χ3v) is 4.13. The minimum Gasteiger partial charge on any atom is -0.352 e. The molecule has 2 aromatic heterocycles. The average Bonchev–Trinajstić information content (AvgIpc) is 3.07. The fraction of sp³-hybridized carbons (Fsp3) is 0.438. The number of pyridine rings is 1. The highest BCUT2D eigenvalue weighted by molar-refractivity contribution is 5.85. The van der Waals surface area contributed by atoms with Crippen molar-refractivity contribution in [1.82, 2.24) is 19.9 Å². The molecule has 132 valence electrons. The zero-order valence-electron chi connectivity index (χ0n) is 13.3. The summed E-state index contributed by atoms with van der Waals surface area (Å²) >= 11 is 0. The molecule has 0 bridgehead atoms. The van der Waals surface area contributed by atoms with E-state index >= 15 is 0 Å². The van der Waals surface area contributed by atoms with Gasteiger partial charge in [-0.15, -0.1) is 24.8 Å². The van der Waals surface area contributed by atoms with Gasteiger partial charge in [-0.3, -0.25) is 9.36 Å². The standard InChI is InChI=1S/C16H21N5O.2ClH/c17-14-3-1-2-13(9-14)16(22)20-10-12-4-5-19-15(8-12)21-7-6-18-11-21;;/h4-8,11,13-14H,1-3,9-10,17H2,(H,20,22);2*1H. The fourth-order valence-corrected chi connectivity index (χ4v) is 2.91. The fourth-order valence-electron chi connectivity index (χ4n) is 2.91. The summed E-state index contributed by atoms with van der Waals surface area (Å²) in [5.74, 6) is 0.957. The molecule has 0 aromatic carbocycles. The van der Waals surface area contributed by atoms with Crippen LogP contribution in [-0.2, 0) is 11.3 Å². The Labute approximate surface area is 154 Å². The van der Waals surface area contributed by atoms with Crippen molar-refractivity contribution in [1.29, 1.82) is 0 Å². The molecule has 0 aliphatic heterocycles. The molecule has 2 aromatic rings. The molecule has 3 N–H and O–H groups in total. The van der Waals surface area contributed by atoms with Gasteiger partial charge in [0.2, 0.25) is 5.91 Å². The number of carbonyl (C=O) groups is 1. The molecular formula is C16H23Cl2N5O. The molecule has 2 atom stereocenters. The van der Waals surface area contributed by atoms with E-state index in [0.29, 0.717) is 6.54 Å². The number of carbonyl (C=O) groups excluding carboxylic acids is 1. The lowest BCUT2D eigenvalue weighted by molar-refractivity contribution is -0.126. The molecule has 0 radical (unpaired) electrons. The third kappa shape index (κ3) is 5.19. The van der Waals surface area contributed by atoms with E-state index in [9.17, 15) is 4.79 Å². The number of nitrogens with zero attached hydrogens (tertiary/aromatic N) is 3. The summed E-state index contributed by atoms with van der Waals surface area (Å²) in [4.78, 5) is 20.5. The number of amides is 1. The van der Waals surface area contributed by atoms with E-state index in [-0.39, 0.29) is 42.7 Å². The van der Waals surface area contributed by atoms with Crippen LogP contribution in [0.1, 0.15) is 31.2 Å². The summed E-state index contributed by atoms with van der Waals surface area (Å²) in [5.41, 5.74) is 6.97. The van der Waals surface area contributed by atoms with Crippen LogP contribution in [0.3, 0.4) is 0 Å². The largest absolute Gasteiger partial charge is 0.352 e. The molecule has 1 fully saturated rings. The van der Waals surface area contributed by atoms with Crippen molar-refractivity contribution in [2.45, 2.75) is 38.3 Å². The molecule has 2 unspecified atom stereocenters. The lowest BCUT2D eigenvalue weighted by atomic mass is 9.85. The number of rotatable bonds is 4.